The van der Waals surface area contributed by atoms with Crippen LogP contribution in [0.25, 0.3) is 6.08 Å². The molecule has 0 spiro atoms. The van der Waals surface area contributed by atoms with E-state index >= 15 is 0 Å². The van der Waals surface area contributed by atoms with Crippen molar-refractivity contribution in [3.63, 3.8) is 0 Å². The van der Waals surface area contributed by atoms with E-state index in [4.69, 9.17) is 21.1 Å². The molecule has 0 bridgehead atoms. The number of anilines is 1. The van der Waals surface area contributed by atoms with Crippen molar-refractivity contribution in [1.82, 2.24) is 5.32 Å². The largest absolute Gasteiger partial charge is 0.486 e. The fourth-order valence-corrected chi connectivity index (χ4v) is 3.33. The summed E-state index contributed by atoms with van der Waals surface area (Å²) < 4.78 is 11.9. The Morgan fingerprint density at radius 1 is 1.21 bits per heavy atom. The minimum absolute atomic E-state index is 0.168. The van der Waals surface area contributed by atoms with Crippen LogP contribution in [0.15, 0.2) is 40.9 Å². The highest BCUT2D eigenvalue weighted by Gasteiger charge is 2.16. The summed E-state index contributed by atoms with van der Waals surface area (Å²) in [6.45, 7) is 3.06. The third kappa shape index (κ3) is 5.98. The normalized spacial score (nSPS) is 12.7. The molecule has 0 radical (unpaired) electrons. The summed E-state index contributed by atoms with van der Waals surface area (Å²) in [4.78, 5) is 24.1. The Bertz CT molecular complexity index is 962. The number of carbonyl (C=O) groups is 2. The van der Waals surface area contributed by atoms with Crippen LogP contribution in [0, 0.1) is 6.92 Å². The van der Waals surface area contributed by atoms with E-state index in [9.17, 15) is 9.59 Å². The first-order chi connectivity index (χ1) is 13.9. The Labute approximate surface area is 182 Å². The lowest BCUT2D eigenvalue weighted by Crippen LogP contribution is -2.26. The van der Waals surface area contributed by atoms with Gasteiger partial charge in [-0.25, -0.2) is 0 Å². The predicted octanol–water partition coefficient (Wildman–Crippen LogP) is 4.34. The molecule has 0 aliphatic carbocycles. The third-order valence-corrected chi connectivity index (χ3v) is 4.95. The predicted molar refractivity (Wildman–Crippen MR) is 117 cm³/mol. The van der Waals surface area contributed by atoms with Gasteiger partial charge in [0.25, 0.3) is 0 Å². The summed E-state index contributed by atoms with van der Waals surface area (Å²) in [5.41, 5.74) is 2.43. The summed E-state index contributed by atoms with van der Waals surface area (Å²) in [5.74, 6) is 0.603. The van der Waals surface area contributed by atoms with Crippen molar-refractivity contribution in [1.29, 1.82) is 0 Å². The van der Waals surface area contributed by atoms with Crippen molar-refractivity contribution in [2.75, 3.05) is 25.1 Å². The average molecular weight is 480 g/mol. The number of nitrogens with one attached hydrogen (secondary N) is 2. The number of fused-ring (bicyclic) bond motifs is 1. The quantitative estimate of drug-likeness (QED) is 0.604. The molecule has 29 heavy (non-hydrogen) atoms. The van der Waals surface area contributed by atoms with Crippen LogP contribution in [-0.4, -0.2) is 31.6 Å². The minimum Gasteiger partial charge on any atom is -0.486 e. The van der Waals surface area contributed by atoms with Gasteiger partial charge in [0.2, 0.25) is 11.8 Å². The smallest absolute Gasteiger partial charge is 0.244 e. The number of ether oxygens (including phenoxy) is 2. The Kier molecular flexibility index (Phi) is 7.17. The fourth-order valence-electron chi connectivity index (χ4n) is 2.70. The fraction of sp³-hybridized carbons (Fsp3) is 0.238. The summed E-state index contributed by atoms with van der Waals surface area (Å²) >= 11 is 9.56. The number of aryl methyl sites for hydroxylation is 1. The first-order valence-corrected chi connectivity index (χ1v) is 10.2. The number of benzene rings is 2. The molecule has 0 aromatic heterocycles. The van der Waals surface area contributed by atoms with Gasteiger partial charge in [0.1, 0.15) is 13.2 Å². The molecule has 1 aliphatic heterocycles. The van der Waals surface area contributed by atoms with Crippen molar-refractivity contribution in [3.8, 4) is 11.5 Å². The zero-order valence-corrected chi connectivity index (χ0v) is 18.1. The van der Waals surface area contributed by atoms with E-state index in [2.05, 4.69) is 26.6 Å². The van der Waals surface area contributed by atoms with Gasteiger partial charge in [0.05, 0.1) is 5.02 Å². The van der Waals surface area contributed by atoms with Gasteiger partial charge < -0.3 is 20.1 Å². The number of rotatable bonds is 6. The van der Waals surface area contributed by atoms with E-state index in [0.29, 0.717) is 29.7 Å². The lowest BCUT2D eigenvalue weighted by Gasteiger charge is -2.19. The summed E-state index contributed by atoms with van der Waals surface area (Å²) in [7, 11) is 0. The van der Waals surface area contributed by atoms with Crippen LogP contribution in [0.2, 0.25) is 5.02 Å². The van der Waals surface area contributed by atoms with Crippen LogP contribution >= 0.6 is 27.5 Å². The highest BCUT2D eigenvalue weighted by atomic mass is 79.9. The molecule has 3 rings (SSSR count). The van der Waals surface area contributed by atoms with E-state index in [0.717, 1.165) is 21.3 Å². The van der Waals surface area contributed by atoms with Gasteiger partial charge >= 0.3 is 0 Å². The summed E-state index contributed by atoms with van der Waals surface area (Å²) in [5, 5.41) is 5.96. The number of carbonyl (C=O) groups excluding carboxylic acids is 2. The van der Waals surface area contributed by atoms with Gasteiger partial charge in [0.15, 0.2) is 11.5 Å². The van der Waals surface area contributed by atoms with Crippen molar-refractivity contribution in [2.24, 2.45) is 0 Å². The molecule has 6 nitrogen and oxygen atoms in total. The maximum absolute atomic E-state index is 12.1. The van der Waals surface area contributed by atoms with E-state index in [1.807, 2.05) is 25.1 Å². The van der Waals surface area contributed by atoms with E-state index < -0.39 is 0 Å². The van der Waals surface area contributed by atoms with Gasteiger partial charge in [-0.2, -0.15) is 0 Å². The van der Waals surface area contributed by atoms with Crippen molar-refractivity contribution >= 4 is 51.1 Å². The van der Waals surface area contributed by atoms with Crippen LogP contribution in [0.4, 0.5) is 5.69 Å². The number of halogens is 2. The van der Waals surface area contributed by atoms with Crippen LogP contribution in [-0.2, 0) is 9.59 Å². The Balaban J connectivity index is 1.48. The monoisotopic (exact) mass is 478 g/mol. The molecule has 2 amide bonds. The Morgan fingerprint density at radius 2 is 2.00 bits per heavy atom. The zero-order valence-electron chi connectivity index (χ0n) is 15.8. The molecule has 0 saturated carbocycles. The topological polar surface area (TPSA) is 76.7 Å². The first-order valence-electron chi connectivity index (χ1n) is 9.03. The number of hydrogen-bond donors (Lipinski definition) is 2. The van der Waals surface area contributed by atoms with Crippen molar-refractivity contribution < 1.29 is 19.1 Å². The van der Waals surface area contributed by atoms with Crippen molar-refractivity contribution in [2.45, 2.75) is 13.3 Å². The average Bonchev–Trinajstić information content (AvgIpc) is 2.69. The molecule has 1 heterocycles. The first kappa shape index (κ1) is 21.2. The summed E-state index contributed by atoms with van der Waals surface area (Å²) in [6.07, 6.45) is 3.18. The molecular weight excluding hydrogens is 460 g/mol. The minimum atomic E-state index is -0.303. The molecule has 0 unspecified atom stereocenters. The highest BCUT2D eigenvalue weighted by molar-refractivity contribution is 9.10. The molecule has 8 heteroatoms. The van der Waals surface area contributed by atoms with E-state index in [-0.39, 0.29) is 24.8 Å². The maximum Gasteiger partial charge on any atom is 0.244 e. The zero-order chi connectivity index (χ0) is 20.8. The van der Waals surface area contributed by atoms with Crippen LogP contribution in [0.5, 0.6) is 11.5 Å². The van der Waals surface area contributed by atoms with Gasteiger partial charge in [-0.15, -0.1) is 0 Å². The molecule has 0 saturated heterocycles. The lowest BCUT2D eigenvalue weighted by molar-refractivity contribution is -0.117. The van der Waals surface area contributed by atoms with E-state index in [1.165, 1.54) is 6.08 Å². The molecule has 152 valence electrons. The summed E-state index contributed by atoms with van der Waals surface area (Å²) in [6, 6.07) is 9.13. The molecule has 0 fully saturated rings. The Morgan fingerprint density at radius 3 is 2.83 bits per heavy atom. The van der Waals surface area contributed by atoms with Gasteiger partial charge in [-0.3, -0.25) is 9.59 Å². The Hall–Kier alpha value is -2.51. The molecular formula is C21H20BrClN2O4. The standard InChI is InChI=1S/C21H20BrClN2O4/c1-13-2-4-15(22)12-17(13)25-20(27)6-7-24-19(26)5-3-14-10-16(23)21-18(11-14)28-8-9-29-21/h2-5,10-12H,6-9H2,1H3,(H,24,26)(H,25,27)/b5-3+. The molecule has 0 atom stereocenters. The third-order valence-electron chi connectivity index (χ3n) is 4.17. The molecule has 2 aromatic carbocycles. The van der Waals surface area contributed by atoms with Gasteiger partial charge in [-0.1, -0.05) is 33.6 Å². The van der Waals surface area contributed by atoms with Gasteiger partial charge in [-0.05, 0) is 48.4 Å². The second kappa shape index (κ2) is 9.80. The highest BCUT2D eigenvalue weighted by Crippen LogP contribution is 2.38. The lowest BCUT2D eigenvalue weighted by atomic mass is 10.1. The van der Waals surface area contributed by atoms with Crippen molar-refractivity contribution in [3.05, 3.63) is 57.0 Å². The van der Waals surface area contributed by atoms with Gasteiger partial charge in [0, 0.05) is 29.2 Å². The SMILES string of the molecule is Cc1ccc(Br)cc1NC(=O)CCNC(=O)/C=C/c1cc(Cl)c2c(c1)OCCO2. The second-order valence-electron chi connectivity index (χ2n) is 6.41. The van der Waals surface area contributed by atoms with Crippen LogP contribution < -0.4 is 20.1 Å². The maximum atomic E-state index is 12.1. The number of hydrogen-bond acceptors (Lipinski definition) is 4. The van der Waals surface area contributed by atoms with Crippen LogP contribution in [0.1, 0.15) is 17.5 Å². The van der Waals surface area contributed by atoms with E-state index in [1.54, 1.807) is 18.2 Å². The van der Waals surface area contributed by atoms with Crippen LogP contribution in [0.3, 0.4) is 0 Å². The second-order valence-corrected chi connectivity index (χ2v) is 7.73. The molecule has 1 aliphatic rings. The molecule has 2 aromatic rings. The molecule has 2 N–H and O–H groups in total. The number of amides is 2.